The number of imidazole rings is 1. The van der Waals surface area contributed by atoms with Gasteiger partial charge in [-0.05, 0) is 11.5 Å². The lowest BCUT2D eigenvalue weighted by molar-refractivity contribution is 0.437. The molecule has 0 aliphatic heterocycles. The third kappa shape index (κ3) is 2.54. The van der Waals surface area contributed by atoms with E-state index in [-0.39, 0.29) is 5.41 Å². The normalized spacial score (nSPS) is 12.0. The standard InChI is InChI=1S/C16H19N3OS/c1-16(2,3)11-6-4-5-7-13(11)20-14-12(10-17)19-8-9-21-15(19)18-14/h4-9H,10,17H2,1-3H3. The molecular weight excluding hydrogens is 282 g/mol. The summed E-state index contributed by atoms with van der Waals surface area (Å²) < 4.78 is 8.08. The minimum Gasteiger partial charge on any atom is -0.437 e. The van der Waals surface area contributed by atoms with Crippen molar-refractivity contribution >= 4 is 16.3 Å². The number of aromatic nitrogens is 2. The molecule has 0 atom stereocenters. The van der Waals surface area contributed by atoms with Gasteiger partial charge in [0.05, 0.1) is 0 Å². The van der Waals surface area contributed by atoms with Gasteiger partial charge in [-0.2, -0.15) is 4.98 Å². The van der Waals surface area contributed by atoms with Gasteiger partial charge in [0.15, 0.2) is 4.96 Å². The Morgan fingerprint density at radius 1 is 1.29 bits per heavy atom. The van der Waals surface area contributed by atoms with Crippen molar-refractivity contribution in [2.24, 2.45) is 5.73 Å². The smallest absolute Gasteiger partial charge is 0.243 e. The first-order valence-corrected chi connectivity index (χ1v) is 7.80. The van der Waals surface area contributed by atoms with Crippen molar-refractivity contribution in [3.05, 3.63) is 47.1 Å². The molecule has 4 nitrogen and oxygen atoms in total. The highest BCUT2D eigenvalue weighted by atomic mass is 32.1. The molecule has 2 N–H and O–H groups in total. The number of fused-ring (bicyclic) bond motifs is 1. The van der Waals surface area contributed by atoms with E-state index >= 15 is 0 Å². The van der Waals surface area contributed by atoms with E-state index in [4.69, 9.17) is 10.5 Å². The molecule has 0 bridgehead atoms. The number of nitrogens with two attached hydrogens (primary N) is 1. The highest BCUT2D eigenvalue weighted by molar-refractivity contribution is 7.15. The fourth-order valence-corrected chi connectivity index (χ4v) is 3.08. The van der Waals surface area contributed by atoms with Crippen molar-refractivity contribution in [3.8, 4) is 11.6 Å². The molecule has 0 unspecified atom stereocenters. The van der Waals surface area contributed by atoms with Crippen LogP contribution in [0.1, 0.15) is 32.0 Å². The maximum absolute atomic E-state index is 6.10. The fourth-order valence-electron chi connectivity index (χ4n) is 2.36. The van der Waals surface area contributed by atoms with Gasteiger partial charge in [0.2, 0.25) is 5.88 Å². The monoisotopic (exact) mass is 301 g/mol. The Morgan fingerprint density at radius 3 is 2.76 bits per heavy atom. The molecule has 5 heteroatoms. The van der Waals surface area contributed by atoms with E-state index in [1.54, 1.807) is 11.3 Å². The third-order valence-electron chi connectivity index (χ3n) is 3.42. The van der Waals surface area contributed by atoms with Crippen molar-refractivity contribution in [1.29, 1.82) is 0 Å². The molecule has 110 valence electrons. The first kappa shape index (κ1) is 14.1. The Labute approximate surface area is 128 Å². The molecule has 0 radical (unpaired) electrons. The quantitative estimate of drug-likeness (QED) is 0.797. The zero-order valence-electron chi connectivity index (χ0n) is 12.5. The molecule has 0 fully saturated rings. The molecule has 0 aliphatic carbocycles. The summed E-state index contributed by atoms with van der Waals surface area (Å²) in [7, 11) is 0. The summed E-state index contributed by atoms with van der Waals surface area (Å²) in [6.45, 7) is 6.91. The van der Waals surface area contributed by atoms with Gasteiger partial charge >= 0.3 is 0 Å². The maximum atomic E-state index is 6.10. The van der Waals surface area contributed by atoms with Crippen LogP contribution in [0.5, 0.6) is 11.6 Å². The second-order valence-corrected chi connectivity index (χ2v) is 6.84. The van der Waals surface area contributed by atoms with E-state index in [0.29, 0.717) is 12.4 Å². The number of thiazole rings is 1. The van der Waals surface area contributed by atoms with Gasteiger partial charge in [-0.3, -0.25) is 4.40 Å². The van der Waals surface area contributed by atoms with Crippen molar-refractivity contribution in [3.63, 3.8) is 0 Å². The van der Waals surface area contributed by atoms with Gasteiger partial charge in [0.25, 0.3) is 0 Å². The number of benzene rings is 1. The molecule has 0 saturated carbocycles. The minimum atomic E-state index is 0.0105. The van der Waals surface area contributed by atoms with E-state index < -0.39 is 0 Å². The fraction of sp³-hybridized carbons (Fsp3) is 0.312. The maximum Gasteiger partial charge on any atom is 0.243 e. The zero-order valence-corrected chi connectivity index (χ0v) is 13.3. The Morgan fingerprint density at radius 2 is 2.05 bits per heavy atom. The predicted molar refractivity (Wildman–Crippen MR) is 86.2 cm³/mol. The van der Waals surface area contributed by atoms with Crippen LogP contribution in [0.2, 0.25) is 0 Å². The third-order valence-corrected chi connectivity index (χ3v) is 4.18. The number of para-hydroxylation sites is 1. The lowest BCUT2D eigenvalue weighted by Gasteiger charge is -2.22. The summed E-state index contributed by atoms with van der Waals surface area (Å²) in [5.74, 6) is 1.44. The van der Waals surface area contributed by atoms with Gasteiger partial charge < -0.3 is 10.5 Å². The van der Waals surface area contributed by atoms with E-state index in [1.807, 2.05) is 34.2 Å². The molecule has 0 aliphatic rings. The van der Waals surface area contributed by atoms with Gasteiger partial charge in [-0.25, -0.2) is 0 Å². The highest BCUT2D eigenvalue weighted by Crippen LogP contribution is 2.35. The van der Waals surface area contributed by atoms with Crippen LogP contribution in [0.15, 0.2) is 35.8 Å². The van der Waals surface area contributed by atoms with Gasteiger partial charge in [-0.15, -0.1) is 11.3 Å². The van der Waals surface area contributed by atoms with Crippen molar-refractivity contribution < 1.29 is 4.74 Å². The zero-order chi connectivity index (χ0) is 15.0. The van der Waals surface area contributed by atoms with Crippen LogP contribution in [-0.4, -0.2) is 9.38 Å². The molecule has 3 aromatic rings. The van der Waals surface area contributed by atoms with Crippen LogP contribution in [-0.2, 0) is 12.0 Å². The Bertz CT molecular complexity index is 767. The van der Waals surface area contributed by atoms with Crippen LogP contribution < -0.4 is 10.5 Å². The first-order valence-electron chi connectivity index (χ1n) is 6.92. The summed E-state index contributed by atoms with van der Waals surface area (Å²) in [6.07, 6.45) is 1.97. The molecule has 0 spiro atoms. The van der Waals surface area contributed by atoms with Crippen LogP contribution in [0.4, 0.5) is 0 Å². The number of ether oxygens (including phenoxy) is 1. The number of hydrogen-bond donors (Lipinski definition) is 1. The first-order chi connectivity index (χ1) is 10.0. The summed E-state index contributed by atoms with van der Waals surface area (Å²) in [4.78, 5) is 5.44. The highest BCUT2D eigenvalue weighted by Gasteiger charge is 2.21. The average Bonchev–Trinajstić information content (AvgIpc) is 2.98. The summed E-state index contributed by atoms with van der Waals surface area (Å²) in [5, 5.41) is 1.99. The van der Waals surface area contributed by atoms with E-state index in [2.05, 4.69) is 31.8 Å². The van der Waals surface area contributed by atoms with Crippen molar-refractivity contribution in [2.45, 2.75) is 32.7 Å². The topological polar surface area (TPSA) is 52.5 Å². The number of hydrogen-bond acceptors (Lipinski definition) is 4. The second kappa shape index (κ2) is 5.16. The van der Waals surface area contributed by atoms with Crippen LogP contribution in [0.25, 0.3) is 4.96 Å². The number of nitrogens with zero attached hydrogens (tertiary/aromatic N) is 2. The Balaban J connectivity index is 2.05. The van der Waals surface area contributed by atoms with Crippen LogP contribution in [0, 0.1) is 0 Å². The van der Waals surface area contributed by atoms with Crippen LogP contribution in [0.3, 0.4) is 0 Å². The van der Waals surface area contributed by atoms with Crippen LogP contribution >= 0.6 is 11.3 Å². The molecule has 2 heterocycles. The van der Waals surface area contributed by atoms with E-state index in [0.717, 1.165) is 22.0 Å². The second-order valence-electron chi connectivity index (χ2n) is 5.97. The average molecular weight is 301 g/mol. The molecule has 0 amide bonds. The predicted octanol–water partition coefficient (Wildman–Crippen LogP) is 3.94. The largest absolute Gasteiger partial charge is 0.437 e. The van der Waals surface area contributed by atoms with E-state index in [1.165, 1.54) is 0 Å². The lowest BCUT2D eigenvalue weighted by Crippen LogP contribution is -2.12. The van der Waals surface area contributed by atoms with Gasteiger partial charge in [-0.1, -0.05) is 39.0 Å². The molecule has 3 rings (SSSR count). The summed E-state index contributed by atoms with van der Waals surface area (Å²) >= 11 is 1.57. The molecule has 21 heavy (non-hydrogen) atoms. The summed E-state index contributed by atoms with van der Waals surface area (Å²) in [6, 6.07) is 8.08. The molecule has 0 saturated heterocycles. The molecule has 2 aromatic heterocycles. The van der Waals surface area contributed by atoms with Crippen molar-refractivity contribution in [1.82, 2.24) is 9.38 Å². The SMILES string of the molecule is CC(C)(C)c1ccccc1Oc1nc2sccn2c1CN. The van der Waals surface area contributed by atoms with Crippen molar-refractivity contribution in [2.75, 3.05) is 0 Å². The van der Waals surface area contributed by atoms with Gasteiger partial charge in [0, 0.05) is 23.7 Å². The van der Waals surface area contributed by atoms with E-state index in [9.17, 15) is 0 Å². The molecular formula is C16H19N3OS. The minimum absolute atomic E-state index is 0.0105. The molecule has 1 aromatic carbocycles. The Kier molecular flexibility index (Phi) is 3.47. The van der Waals surface area contributed by atoms with Gasteiger partial charge in [0.1, 0.15) is 11.4 Å². The Hall–Kier alpha value is -1.85. The summed E-state index contributed by atoms with van der Waals surface area (Å²) in [5.41, 5.74) is 7.93. The number of rotatable bonds is 3. The lowest BCUT2D eigenvalue weighted by atomic mass is 9.86.